The summed E-state index contributed by atoms with van der Waals surface area (Å²) in [4.78, 5) is 11.2. The van der Waals surface area contributed by atoms with Gasteiger partial charge in [0.1, 0.15) is 18.2 Å². The molecular formula is C12H13F4NO3. The van der Waals surface area contributed by atoms with Crippen molar-refractivity contribution in [1.82, 2.24) is 4.90 Å². The Bertz CT molecular complexity index is 433. The summed E-state index contributed by atoms with van der Waals surface area (Å²) in [6.45, 7) is -2.39. The Balaban J connectivity index is 2.45. The average Bonchev–Trinajstić information content (AvgIpc) is 2.28. The lowest BCUT2D eigenvalue weighted by Gasteiger charge is -2.21. The molecule has 0 bridgehead atoms. The van der Waals surface area contributed by atoms with Gasteiger partial charge in [-0.15, -0.1) is 0 Å². The lowest BCUT2D eigenvalue weighted by Crippen LogP contribution is -2.40. The fourth-order valence-electron chi connectivity index (χ4n) is 1.48. The number of ether oxygens (including phenoxy) is 1. The van der Waals surface area contributed by atoms with E-state index in [1.54, 1.807) is 0 Å². The summed E-state index contributed by atoms with van der Waals surface area (Å²) >= 11 is 0. The number of carboxylic acids is 1. The Hall–Kier alpha value is -1.83. The first-order chi connectivity index (χ1) is 9.26. The van der Waals surface area contributed by atoms with Crippen LogP contribution in [0.4, 0.5) is 17.6 Å². The van der Waals surface area contributed by atoms with E-state index in [1.807, 2.05) is 0 Å². The molecule has 0 atom stereocenters. The van der Waals surface area contributed by atoms with E-state index in [4.69, 9.17) is 9.84 Å². The molecule has 0 aromatic heterocycles. The van der Waals surface area contributed by atoms with Crippen molar-refractivity contribution < 1.29 is 32.2 Å². The standard InChI is InChI=1S/C12H13F4NO3/c13-9-1-3-10(4-2-9)20-6-5-17(7-11(18)19)8-12(14,15)16/h1-4H,5-8H2,(H,18,19). The van der Waals surface area contributed by atoms with E-state index in [9.17, 15) is 22.4 Å². The third-order valence-corrected chi connectivity index (χ3v) is 2.25. The fourth-order valence-corrected chi connectivity index (χ4v) is 1.48. The monoisotopic (exact) mass is 295 g/mol. The van der Waals surface area contributed by atoms with Gasteiger partial charge in [-0.3, -0.25) is 9.69 Å². The summed E-state index contributed by atoms with van der Waals surface area (Å²) in [6.07, 6.45) is -4.48. The minimum absolute atomic E-state index is 0.130. The number of halogens is 4. The highest BCUT2D eigenvalue weighted by Gasteiger charge is 2.31. The molecular weight excluding hydrogens is 282 g/mol. The zero-order chi connectivity index (χ0) is 15.2. The molecule has 0 unspecified atom stereocenters. The molecule has 1 N–H and O–H groups in total. The molecule has 0 heterocycles. The van der Waals surface area contributed by atoms with Crippen molar-refractivity contribution in [2.24, 2.45) is 0 Å². The van der Waals surface area contributed by atoms with Gasteiger partial charge in [0.15, 0.2) is 0 Å². The predicted molar refractivity (Wildman–Crippen MR) is 62.0 cm³/mol. The largest absolute Gasteiger partial charge is 0.492 e. The van der Waals surface area contributed by atoms with E-state index in [-0.39, 0.29) is 13.2 Å². The molecule has 0 amide bonds. The maximum Gasteiger partial charge on any atom is 0.401 e. The highest BCUT2D eigenvalue weighted by atomic mass is 19.4. The number of alkyl halides is 3. The van der Waals surface area contributed by atoms with Gasteiger partial charge in [0.05, 0.1) is 13.1 Å². The molecule has 112 valence electrons. The van der Waals surface area contributed by atoms with E-state index in [2.05, 4.69) is 0 Å². The van der Waals surface area contributed by atoms with Crippen molar-refractivity contribution in [1.29, 1.82) is 0 Å². The van der Waals surface area contributed by atoms with Crippen LogP contribution in [0, 0.1) is 5.82 Å². The van der Waals surface area contributed by atoms with E-state index < -0.39 is 31.1 Å². The topological polar surface area (TPSA) is 49.8 Å². The normalized spacial score (nSPS) is 11.7. The number of aliphatic carboxylic acids is 1. The summed E-state index contributed by atoms with van der Waals surface area (Å²) in [6, 6.07) is 4.97. The highest BCUT2D eigenvalue weighted by Crippen LogP contribution is 2.16. The first kappa shape index (κ1) is 16.2. The molecule has 4 nitrogen and oxygen atoms in total. The number of carbonyl (C=O) groups is 1. The Morgan fingerprint density at radius 2 is 1.85 bits per heavy atom. The SMILES string of the molecule is O=C(O)CN(CCOc1ccc(F)cc1)CC(F)(F)F. The molecule has 1 aromatic carbocycles. The van der Waals surface area contributed by atoms with Gasteiger partial charge in [-0.25, -0.2) is 4.39 Å². The zero-order valence-electron chi connectivity index (χ0n) is 10.4. The molecule has 0 radical (unpaired) electrons. The van der Waals surface area contributed by atoms with Gasteiger partial charge in [0.25, 0.3) is 0 Å². The highest BCUT2D eigenvalue weighted by molar-refractivity contribution is 5.69. The second kappa shape index (κ2) is 7.09. The van der Waals surface area contributed by atoms with Crippen LogP contribution in [0.5, 0.6) is 5.75 Å². The van der Waals surface area contributed by atoms with Gasteiger partial charge in [0, 0.05) is 6.54 Å². The van der Waals surface area contributed by atoms with E-state index in [1.165, 1.54) is 12.1 Å². The summed E-state index contributed by atoms with van der Waals surface area (Å²) in [5.41, 5.74) is 0. The summed E-state index contributed by atoms with van der Waals surface area (Å²) in [7, 11) is 0. The van der Waals surface area contributed by atoms with Crippen LogP contribution in [-0.2, 0) is 4.79 Å². The lowest BCUT2D eigenvalue weighted by molar-refractivity contribution is -0.154. The number of hydrogen-bond donors (Lipinski definition) is 1. The molecule has 0 saturated carbocycles. The first-order valence-corrected chi connectivity index (χ1v) is 5.65. The molecule has 0 saturated heterocycles. The Morgan fingerprint density at radius 3 is 2.35 bits per heavy atom. The number of benzene rings is 1. The van der Waals surface area contributed by atoms with Crippen molar-refractivity contribution in [3.8, 4) is 5.75 Å². The number of nitrogens with zero attached hydrogens (tertiary/aromatic N) is 1. The van der Waals surface area contributed by atoms with Crippen LogP contribution in [0.25, 0.3) is 0 Å². The third kappa shape index (κ3) is 6.93. The van der Waals surface area contributed by atoms with Gasteiger partial charge in [-0.1, -0.05) is 0 Å². The molecule has 20 heavy (non-hydrogen) atoms. The maximum absolute atomic E-state index is 12.6. The van der Waals surface area contributed by atoms with Crippen LogP contribution in [0.1, 0.15) is 0 Å². The Morgan fingerprint density at radius 1 is 1.25 bits per heavy atom. The van der Waals surface area contributed by atoms with Gasteiger partial charge < -0.3 is 9.84 Å². The van der Waals surface area contributed by atoms with Gasteiger partial charge in [-0.05, 0) is 24.3 Å². The molecule has 1 aromatic rings. The van der Waals surface area contributed by atoms with Crippen LogP contribution in [0.3, 0.4) is 0 Å². The fraction of sp³-hybridized carbons (Fsp3) is 0.417. The third-order valence-electron chi connectivity index (χ3n) is 2.25. The molecule has 0 aliphatic heterocycles. The molecule has 0 aliphatic carbocycles. The van der Waals surface area contributed by atoms with Gasteiger partial charge >= 0.3 is 12.1 Å². The van der Waals surface area contributed by atoms with Crippen LogP contribution >= 0.6 is 0 Å². The van der Waals surface area contributed by atoms with Crippen molar-refractivity contribution >= 4 is 5.97 Å². The molecule has 0 aliphatic rings. The van der Waals surface area contributed by atoms with Crippen molar-refractivity contribution in [3.05, 3.63) is 30.1 Å². The van der Waals surface area contributed by atoms with Crippen LogP contribution in [0.15, 0.2) is 24.3 Å². The number of hydrogen-bond acceptors (Lipinski definition) is 3. The molecule has 1 rings (SSSR count). The molecule has 8 heteroatoms. The van der Waals surface area contributed by atoms with Gasteiger partial charge in [-0.2, -0.15) is 13.2 Å². The number of rotatable bonds is 7. The predicted octanol–water partition coefficient (Wildman–Crippen LogP) is 2.15. The van der Waals surface area contributed by atoms with E-state index in [0.717, 1.165) is 12.1 Å². The van der Waals surface area contributed by atoms with Crippen molar-refractivity contribution in [3.63, 3.8) is 0 Å². The number of carboxylic acid groups (broad SMARTS) is 1. The summed E-state index contributed by atoms with van der Waals surface area (Å²) < 4.78 is 54.4. The van der Waals surface area contributed by atoms with E-state index in [0.29, 0.717) is 10.6 Å². The second-order valence-corrected chi connectivity index (χ2v) is 4.02. The summed E-state index contributed by atoms with van der Waals surface area (Å²) in [5.74, 6) is -1.51. The zero-order valence-corrected chi connectivity index (χ0v) is 10.4. The Labute approximate surface area is 112 Å². The quantitative estimate of drug-likeness (QED) is 0.783. The average molecular weight is 295 g/mol. The van der Waals surface area contributed by atoms with Crippen molar-refractivity contribution in [2.45, 2.75) is 6.18 Å². The minimum atomic E-state index is -4.48. The smallest absolute Gasteiger partial charge is 0.401 e. The van der Waals surface area contributed by atoms with E-state index >= 15 is 0 Å². The van der Waals surface area contributed by atoms with Gasteiger partial charge in [0.2, 0.25) is 0 Å². The second-order valence-electron chi connectivity index (χ2n) is 4.02. The van der Waals surface area contributed by atoms with Crippen LogP contribution in [0.2, 0.25) is 0 Å². The van der Waals surface area contributed by atoms with Crippen molar-refractivity contribution in [2.75, 3.05) is 26.2 Å². The summed E-state index contributed by atoms with van der Waals surface area (Å²) in [5, 5.41) is 8.54. The first-order valence-electron chi connectivity index (χ1n) is 5.65. The molecule has 0 fully saturated rings. The van der Waals surface area contributed by atoms with Crippen LogP contribution in [-0.4, -0.2) is 48.4 Å². The lowest BCUT2D eigenvalue weighted by atomic mass is 10.3. The molecule has 0 spiro atoms. The maximum atomic E-state index is 12.6. The van der Waals surface area contributed by atoms with Crippen LogP contribution < -0.4 is 4.74 Å². The minimum Gasteiger partial charge on any atom is -0.492 e. The Kier molecular flexibility index (Phi) is 5.75.